The van der Waals surface area contributed by atoms with Crippen molar-refractivity contribution in [3.63, 3.8) is 0 Å². The Balaban J connectivity index is 2.24. The van der Waals surface area contributed by atoms with Crippen molar-refractivity contribution < 1.29 is 4.39 Å². The van der Waals surface area contributed by atoms with Crippen LogP contribution in [0, 0.1) is 12.7 Å². The van der Waals surface area contributed by atoms with Gasteiger partial charge in [-0.2, -0.15) is 0 Å². The molecule has 21 heavy (non-hydrogen) atoms. The lowest BCUT2D eigenvalue weighted by molar-refractivity contribution is 0.614. The van der Waals surface area contributed by atoms with Gasteiger partial charge in [0.2, 0.25) is 0 Å². The summed E-state index contributed by atoms with van der Waals surface area (Å²) in [5, 5.41) is 2.67. The smallest absolute Gasteiger partial charge is 0.151 e. The third-order valence-corrected chi connectivity index (χ3v) is 4.76. The predicted molar refractivity (Wildman–Crippen MR) is 84.6 cm³/mol. The maximum atomic E-state index is 14.0. The van der Waals surface area contributed by atoms with Gasteiger partial charge in [0.05, 0.1) is 16.9 Å². The fraction of sp³-hybridized carbons (Fsp3) is 0.333. The van der Waals surface area contributed by atoms with Crippen molar-refractivity contribution in [1.29, 1.82) is 0 Å². The number of nitrogens with zero attached hydrogens (tertiary/aromatic N) is 3. The Bertz CT molecular complexity index is 793. The Morgan fingerprint density at radius 1 is 1.29 bits per heavy atom. The van der Waals surface area contributed by atoms with Gasteiger partial charge in [-0.05, 0) is 32.9 Å². The van der Waals surface area contributed by atoms with Crippen LogP contribution in [0.5, 0.6) is 0 Å². The Morgan fingerprint density at radius 2 is 2.05 bits per heavy atom. The van der Waals surface area contributed by atoms with Crippen LogP contribution in [0.1, 0.15) is 41.8 Å². The van der Waals surface area contributed by atoms with E-state index in [2.05, 4.69) is 9.97 Å². The van der Waals surface area contributed by atoms with Gasteiger partial charge in [0.25, 0.3) is 0 Å². The van der Waals surface area contributed by atoms with Crippen LogP contribution in [0.2, 0.25) is 0 Å². The zero-order chi connectivity index (χ0) is 15.1. The molecule has 0 aliphatic rings. The summed E-state index contributed by atoms with van der Waals surface area (Å²) in [5.74, 6) is 0.337. The highest BCUT2D eigenvalue weighted by molar-refractivity contribution is 7.09. The summed E-state index contributed by atoms with van der Waals surface area (Å²) in [5.41, 5.74) is 2.09. The van der Waals surface area contributed by atoms with Crippen LogP contribution >= 0.6 is 22.9 Å². The molecule has 0 saturated heterocycles. The highest BCUT2D eigenvalue weighted by Crippen LogP contribution is 2.32. The van der Waals surface area contributed by atoms with Gasteiger partial charge in [0, 0.05) is 11.1 Å². The molecule has 0 N–H and O–H groups in total. The van der Waals surface area contributed by atoms with Crippen LogP contribution < -0.4 is 0 Å². The zero-order valence-corrected chi connectivity index (χ0v) is 13.5. The van der Waals surface area contributed by atoms with E-state index in [1.54, 1.807) is 17.4 Å². The van der Waals surface area contributed by atoms with E-state index in [1.165, 1.54) is 6.07 Å². The van der Waals surface area contributed by atoms with Gasteiger partial charge in [-0.15, -0.1) is 22.9 Å². The zero-order valence-electron chi connectivity index (χ0n) is 12.0. The summed E-state index contributed by atoms with van der Waals surface area (Å²) in [6.45, 7) is 5.84. The van der Waals surface area contributed by atoms with Gasteiger partial charge < -0.3 is 4.57 Å². The lowest BCUT2D eigenvalue weighted by Gasteiger charge is -2.16. The largest absolute Gasteiger partial charge is 0.317 e. The average molecular weight is 324 g/mol. The predicted octanol–water partition coefficient (Wildman–Crippen LogP) is 4.85. The molecule has 3 rings (SSSR count). The number of halogens is 2. The molecular formula is C15H15ClFN3S. The number of aryl methyl sites for hydroxylation is 1. The molecule has 3 nitrogen and oxygen atoms in total. The normalized spacial score (nSPS) is 14.5. The van der Waals surface area contributed by atoms with Gasteiger partial charge >= 0.3 is 0 Å². The quantitative estimate of drug-likeness (QED) is 0.645. The Hall–Kier alpha value is -1.46. The minimum absolute atomic E-state index is 0.0355. The number of rotatable bonds is 3. The number of imidazole rings is 1. The molecule has 1 aromatic carbocycles. The van der Waals surface area contributed by atoms with E-state index in [4.69, 9.17) is 11.6 Å². The first-order valence-electron chi connectivity index (χ1n) is 6.71. The molecule has 6 heteroatoms. The lowest BCUT2D eigenvalue weighted by Crippen LogP contribution is -2.11. The van der Waals surface area contributed by atoms with E-state index in [9.17, 15) is 4.39 Å². The topological polar surface area (TPSA) is 30.7 Å². The first-order valence-corrected chi connectivity index (χ1v) is 8.03. The third-order valence-electron chi connectivity index (χ3n) is 3.44. The lowest BCUT2D eigenvalue weighted by atomic mass is 10.2. The van der Waals surface area contributed by atoms with Crippen LogP contribution in [-0.4, -0.2) is 14.5 Å². The number of benzene rings is 1. The van der Waals surface area contributed by atoms with Crippen molar-refractivity contribution in [2.24, 2.45) is 0 Å². The number of aromatic nitrogens is 3. The van der Waals surface area contributed by atoms with Crippen LogP contribution in [0.25, 0.3) is 11.0 Å². The molecule has 0 fully saturated rings. The summed E-state index contributed by atoms with van der Waals surface area (Å²) in [7, 11) is 0. The van der Waals surface area contributed by atoms with Crippen LogP contribution in [-0.2, 0) is 0 Å². The first kappa shape index (κ1) is 14.5. The number of hydrogen-bond donors (Lipinski definition) is 0. The van der Waals surface area contributed by atoms with Crippen molar-refractivity contribution in [3.05, 3.63) is 45.9 Å². The third kappa shape index (κ3) is 2.45. The van der Waals surface area contributed by atoms with Crippen molar-refractivity contribution in [2.45, 2.75) is 32.2 Å². The van der Waals surface area contributed by atoms with Gasteiger partial charge in [0.15, 0.2) is 5.82 Å². The summed E-state index contributed by atoms with van der Waals surface area (Å²) in [4.78, 5) is 8.93. The second-order valence-electron chi connectivity index (χ2n) is 5.07. The second kappa shape index (κ2) is 5.39. The standard InChI is InChI=1S/C15H15ClFN3S/c1-8-7-21-15(18-8)10(3)20-12-6-4-5-11(17)13(12)19-14(20)9(2)16/h4-7,9-10H,1-3H3. The maximum absolute atomic E-state index is 14.0. The van der Waals surface area contributed by atoms with Crippen LogP contribution in [0.4, 0.5) is 4.39 Å². The fourth-order valence-electron chi connectivity index (χ4n) is 2.46. The minimum Gasteiger partial charge on any atom is -0.317 e. The summed E-state index contributed by atoms with van der Waals surface area (Å²) in [6.07, 6.45) is 0. The van der Waals surface area contributed by atoms with E-state index in [1.807, 2.05) is 36.8 Å². The minimum atomic E-state index is -0.327. The molecule has 2 heterocycles. The van der Waals surface area contributed by atoms with Gasteiger partial charge in [0.1, 0.15) is 16.3 Å². The average Bonchev–Trinajstić information content (AvgIpc) is 3.02. The van der Waals surface area contributed by atoms with Crippen molar-refractivity contribution in [3.8, 4) is 0 Å². The molecule has 110 valence electrons. The van der Waals surface area contributed by atoms with E-state index < -0.39 is 0 Å². The summed E-state index contributed by atoms with van der Waals surface area (Å²) >= 11 is 7.84. The molecule has 0 aliphatic heterocycles. The number of alkyl halides is 1. The van der Waals surface area contributed by atoms with E-state index >= 15 is 0 Å². The molecule has 3 aromatic rings. The fourth-order valence-corrected chi connectivity index (χ4v) is 3.46. The molecule has 2 aromatic heterocycles. The second-order valence-corrected chi connectivity index (χ2v) is 6.61. The summed E-state index contributed by atoms with van der Waals surface area (Å²) < 4.78 is 16.0. The van der Waals surface area contributed by atoms with E-state index in [-0.39, 0.29) is 17.2 Å². The number of hydrogen-bond acceptors (Lipinski definition) is 3. The van der Waals surface area contributed by atoms with Crippen molar-refractivity contribution >= 4 is 34.0 Å². The summed E-state index contributed by atoms with van der Waals surface area (Å²) in [6, 6.07) is 4.94. The van der Waals surface area contributed by atoms with Crippen LogP contribution in [0.15, 0.2) is 23.6 Å². The SMILES string of the molecule is Cc1csc(C(C)n2c(C(C)Cl)nc3c(F)cccc32)n1. The van der Waals surface area contributed by atoms with E-state index in [0.717, 1.165) is 16.2 Å². The highest BCUT2D eigenvalue weighted by atomic mass is 35.5. The maximum Gasteiger partial charge on any atom is 0.151 e. The van der Waals surface area contributed by atoms with Crippen molar-refractivity contribution in [1.82, 2.24) is 14.5 Å². The molecule has 0 bridgehead atoms. The van der Waals surface area contributed by atoms with E-state index in [0.29, 0.717) is 11.3 Å². The van der Waals surface area contributed by atoms with Crippen molar-refractivity contribution in [2.75, 3.05) is 0 Å². The first-order chi connectivity index (χ1) is 9.99. The molecule has 0 saturated carbocycles. The number of fused-ring (bicyclic) bond motifs is 1. The van der Waals surface area contributed by atoms with Crippen LogP contribution in [0.3, 0.4) is 0 Å². The molecule has 2 unspecified atom stereocenters. The Labute approximate surface area is 131 Å². The molecule has 0 aliphatic carbocycles. The molecule has 0 spiro atoms. The van der Waals surface area contributed by atoms with Gasteiger partial charge in [-0.3, -0.25) is 0 Å². The Morgan fingerprint density at radius 3 is 2.67 bits per heavy atom. The monoisotopic (exact) mass is 323 g/mol. The van der Waals surface area contributed by atoms with Gasteiger partial charge in [-0.1, -0.05) is 6.07 Å². The highest BCUT2D eigenvalue weighted by Gasteiger charge is 2.23. The molecule has 2 atom stereocenters. The molecule has 0 radical (unpaired) electrons. The molecular weight excluding hydrogens is 309 g/mol. The van der Waals surface area contributed by atoms with Gasteiger partial charge in [-0.25, -0.2) is 14.4 Å². The number of thiazole rings is 1. The Kier molecular flexibility index (Phi) is 3.71. The number of para-hydroxylation sites is 1. The molecule has 0 amide bonds.